The Balaban J connectivity index is 1.30. The second-order valence-electron chi connectivity index (χ2n) is 16.0. The fourth-order valence-electron chi connectivity index (χ4n) is 10.8. The quantitative estimate of drug-likeness (QED) is 0.139. The van der Waals surface area contributed by atoms with Gasteiger partial charge in [-0.25, -0.2) is 0 Å². The standard InChI is InChI=1S/C36H68N4O3/c1-25(2)43-33(42)12-9-26(3)29-10-11-30-34-31(14-16-36(29,30)5)35(4)15-13-28(23-27(35)24-32(34)41)39-19-8-22-40(20-6-17-37)21-7-18-38/h25-32,34,39,41H,6-24,37-38H2,1-5H3/t26-,27?,28+,29?,30?,31?,32-,34?,35+,36-/m1/s1. The van der Waals surface area contributed by atoms with E-state index >= 15 is 0 Å². The number of esters is 1. The molecule has 4 fully saturated rings. The van der Waals surface area contributed by atoms with Crippen molar-refractivity contribution in [2.45, 2.75) is 136 Å². The van der Waals surface area contributed by atoms with Gasteiger partial charge in [0.25, 0.3) is 0 Å². The summed E-state index contributed by atoms with van der Waals surface area (Å²) in [7, 11) is 0. The van der Waals surface area contributed by atoms with E-state index in [2.05, 4.69) is 31.0 Å². The Hall–Kier alpha value is -0.730. The first-order valence-corrected chi connectivity index (χ1v) is 18.3. The van der Waals surface area contributed by atoms with E-state index in [1.54, 1.807) is 0 Å². The van der Waals surface area contributed by atoms with Crippen LogP contribution in [0.5, 0.6) is 0 Å². The van der Waals surface area contributed by atoms with Crippen molar-refractivity contribution in [3.8, 4) is 0 Å². The van der Waals surface area contributed by atoms with Crippen LogP contribution in [0, 0.1) is 46.3 Å². The third-order valence-electron chi connectivity index (χ3n) is 13.1. The zero-order chi connectivity index (χ0) is 31.2. The molecule has 6 N–H and O–H groups in total. The summed E-state index contributed by atoms with van der Waals surface area (Å²) >= 11 is 0. The number of carbonyl (C=O) groups excluding carboxylic acids is 1. The van der Waals surface area contributed by atoms with Crippen molar-refractivity contribution in [1.29, 1.82) is 0 Å². The molecule has 10 atom stereocenters. The molecule has 0 aromatic rings. The van der Waals surface area contributed by atoms with Crippen molar-refractivity contribution < 1.29 is 14.6 Å². The molecule has 5 unspecified atom stereocenters. The Morgan fingerprint density at radius 2 is 1.58 bits per heavy atom. The lowest BCUT2D eigenvalue weighted by Crippen LogP contribution is -2.59. The molecular weight excluding hydrogens is 536 g/mol. The molecule has 0 aromatic heterocycles. The van der Waals surface area contributed by atoms with Gasteiger partial charge >= 0.3 is 5.97 Å². The van der Waals surface area contributed by atoms with Gasteiger partial charge in [-0.1, -0.05) is 20.8 Å². The van der Waals surface area contributed by atoms with Crippen LogP contribution in [0.1, 0.15) is 118 Å². The minimum atomic E-state index is -0.167. The Morgan fingerprint density at radius 3 is 2.26 bits per heavy atom. The molecule has 0 spiro atoms. The van der Waals surface area contributed by atoms with Gasteiger partial charge < -0.3 is 31.5 Å². The highest BCUT2D eigenvalue weighted by Gasteiger charge is 2.62. The predicted octanol–water partition coefficient (Wildman–Crippen LogP) is 5.33. The summed E-state index contributed by atoms with van der Waals surface area (Å²) < 4.78 is 5.42. The van der Waals surface area contributed by atoms with E-state index in [0.717, 1.165) is 65.0 Å². The number of ether oxygens (including phenoxy) is 1. The predicted molar refractivity (Wildman–Crippen MR) is 176 cm³/mol. The van der Waals surface area contributed by atoms with Gasteiger partial charge in [0, 0.05) is 12.5 Å². The maximum atomic E-state index is 12.3. The first kappa shape index (κ1) is 35.1. The van der Waals surface area contributed by atoms with Gasteiger partial charge in [0.2, 0.25) is 0 Å². The van der Waals surface area contributed by atoms with Gasteiger partial charge in [-0.2, -0.15) is 0 Å². The minimum Gasteiger partial charge on any atom is -0.463 e. The van der Waals surface area contributed by atoms with Crippen molar-refractivity contribution in [3.05, 3.63) is 0 Å². The molecule has 0 saturated heterocycles. The van der Waals surface area contributed by atoms with Gasteiger partial charge in [-0.05, 0) is 177 Å². The largest absolute Gasteiger partial charge is 0.463 e. The number of nitrogens with two attached hydrogens (primary N) is 2. The van der Waals surface area contributed by atoms with Crippen LogP contribution in [0.3, 0.4) is 0 Å². The number of carbonyl (C=O) groups is 1. The second kappa shape index (κ2) is 15.7. The van der Waals surface area contributed by atoms with Crippen molar-refractivity contribution in [1.82, 2.24) is 10.2 Å². The van der Waals surface area contributed by atoms with Crippen LogP contribution < -0.4 is 16.8 Å². The van der Waals surface area contributed by atoms with Crippen LogP contribution in [0.2, 0.25) is 0 Å². The number of nitrogens with one attached hydrogen (secondary N) is 1. The van der Waals surface area contributed by atoms with Crippen LogP contribution in [-0.4, -0.2) is 73.5 Å². The number of aliphatic hydroxyl groups is 1. The number of nitrogens with zero attached hydrogens (tertiary/aromatic N) is 1. The fourth-order valence-corrected chi connectivity index (χ4v) is 10.8. The van der Waals surface area contributed by atoms with Gasteiger partial charge in [0.05, 0.1) is 12.2 Å². The van der Waals surface area contributed by atoms with E-state index in [1.807, 2.05) is 13.8 Å². The van der Waals surface area contributed by atoms with Crippen LogP contribution in [0.15, 0.2) is 0 Å². The van der Waals surface area contributed by atoms with Crippen LogP contribution in [0.4, 0.5) is 0 Å². The summed E-state index contributed by atoms with van der Waals surface area (Å²) in [5.74, 6) is 3.44. The molecule has 0 radical (unpaired) electrons. The number of rotatable bonds is 16. The summed E-state index contributed by atoms with van der Waals surface area (Å²) in [6, 6.07) is 0.580. The zero-order valence-corrected chi connectivity index (χ0v) is 28.5. The van der Waals surface area contributed by atoms with Crippen molar-refractivity contribution in [3.63, 3.8) is 0 Å². The first-order chi connectivity index (χ1) is 20.5. The van der Waals surface area contributed by atoms with E-state index in [9.17, 15) is 9.90 Å². The molecule has 0 bridgehead atoms. The van der Waals surface area contributed by atoms with E-state index in [1.165, 1.54) is 51.4 Å². The molecule has 7 heteroatoms. The number of hydrogen-bond donors (Lipinski definition) is 4. The Kier molecular flexibility index (Phi) is 12.8. The van der Waals surface area contributed by atoms with Gasteiger partial charge in [0.1, 0.15) is 0 Å². The molecule has 4 rings (SSSR count). The van der Waals surface area contributed by atoms with Crippen molar-refractivity contribution in [2.75, 3.05) is 39.3 Å². The van der Waals surface area contributed by atoms with E-state index < -0.39 is 0 Å². The number of hydrogen-bond acceptors (Lipinski definition) is 7. The van der Waals surface area contributed by atoms with E-state index in [-0.39, 0.29) is 23.6 Å². The third-order valence-corrected chi connectivity index (χ3v) is 13.1. The molecule has 0 aliphatic heterocycles. The smallest absolute Gasteiger partial charge is 0.306 e. The minimum absolute atomic E-state index is 0.0376. The average molecular weight is 605 g/mol. The van der Waals surface area contributed by atoms with Crippen LogP contribution in [0.25, 0.3) is 0 Å². The topological polar surface area (TPSA) is 114 Å². The monoisotopic (exact) mass is 605 g/mol. The van der Waals surface area contributed by atoms with E-state index in [0.29, 0.717) is 53.4 Å². The van der Waals surface area contributed by atoms with E-state index in [4.69, 9.17) is 16.2 Å². The summed E-state index contributed by atoms with van der Waals surface area (Å²) in [5.41, 5.74) is 12.2. The maximum absolute atomic E-state index is 12.3. The Bertz CT molecular complexity index is 863. The molecular formula is C36H68N4O3. The van der Waals surface area contributed by atoms with Crippen LogP contribution >= 0.6 is 0 Å². The highest BCUT2D eigenvalue weighted by molar-refractivity contribution is 5.69. The number of aliphatic hydroxyl groups excluding tert-OH is 1. The summed E-state index contributed by atoms with van der Waals surface area (Å²) in [6.45, 7) is 17.2. The molecule has 4 saturated carbocycles. The SMILES string of the molecule is CC(C)OC(=O)CC[C@@H](C)C1CCC2C3C(CC[C@@]21C)[C@@]1(C)CC[C@H](NCCCN(CCCN)CCCN)CC1C[C@H]3O. The summed E-state index contributed by atoms with van der Waals surface area (Å²) in [6.07, 6.45) is 14.3. The molecule has 4 aliphatic rings. The fraction of sp³-hybridized carbons (Fsp3) is 0.972. The lowest BCUT2D eigenvalue weighted by molar-refractivity contribution is -0.167. The molecule has 43 heavy (non-hydrogen) atoms. The summed E-state index contributed by atoms with van der Waals surface area (Å²) in [5, 5.41) is 15.7. The normalized spacial score (nSPS) is 38.0. The van der Waals surface area contributed by atoms with Gasteiger partial charge in [0.15, 0.2) is 0 Å². The first-order valence-electron chi connectivity index (χ1n) is 18.3. The zero-order valence-electron chi connectivity index (χ0n) is 28.5. The molecule has 0 heterocycles. The lowest BCUT2D eigenvalue weighted by atomic mass is 9.43. The average Bonchev–Trinajstić information content (AvgIpc) is 3.32. The molecule has 250 valence electrons. The molecule has 4 aliphatic carbocycles. The van der Waals surface area contributed by atoms with Gasteiger partial charge in [-0.3, -0.25) is 4.79 Å². The van der Waals surface area contributed by atoms with Crippen molar-refractivity contribution in [2.24, 2.45) is 57.8 Å². The molecule has 0 amide bonds. The molecule has 7 nitrogen and oxygen atoms in total. The summed E-state index contributed by atoms with van der Waals surface area (Å²) in [4.78, 5) is 14.8. The lowest BCUT2D eigenvalue weighted by Gasteiger charge is -2.62. The highest BCUT2D eigenvalue weighted by atomic mass is 16.5. The third kappa shape index (κ3) is 8.17. The Morgan fingerprint density at radius 1 is 0.930 bits per heavy atom. The van der Waals surface area contributed by atoms with Crippen molar-refractivity contribution >= 4 is 5.97 Å². The second-order valence-corrected chi connectivity index (χ2v) is 16.0. The maximum Gasteiger partial charge on any atom is 0.306 e. The Labute approximate surface area is 264 Å². The number of fused-ring (bicyclic) bond motifs is 5. The van der Waals surface area contributed by atoms with Gasteiger partial charge in [-0.15, -0.1) is 0 Å². The van der Waals surface area contributed by atoms with Crippen LogP contribution in [-0.2, 0) is 9.53 Å². The highest BCUT2D eigenvalue weighted by Crippen LogP contribution is 2.68. The molecule has 0 aromatic carbocycles.